The molecule has 0 saturated carbocycles. The molecule has 2 heterocycles. The lowest BCUT2D eigenvalue weighted by Crippen LogP contribution is -2.24. The topological polar surface area (TPSA) is 59.8 Å². The second kappa shape index (κ2) is 8.85. The Morgan fingerprint density at radius 3 is 2.58 bits per heavy atom. The molecule has 0 spiro atoms. The van der Waals surface area contributed by atoms with Crippen LogP contribution < -0.4 is 5.32 Å². The number of aromatic nitrogens is 3. The molecule has 0 aliphatic rings. The van der Waals surface area contributed by atoms with Gasteiger partial charge in [0.05, 0.1) is 29.4 Å². The quantitative estimate of drug-likeness (QED) is 0.495. The van der Waals surface area contributed by atoms with E-state index in [2.05, 4.69) is 22.3 Å². The predicted octanol–water partition coefficient (Wildman–Crippen LogP) is 4.77. The highest BCUT2D eigenvalue weighted by Crippen LogP contribution is 2.28. The zero-order valence-electron chi connectivity index (χ0n) is 17.9. The van der Waals surface area contributed by atoms with E-state index >= 15 is 0 Å². The first-order chi connectivity index (χ1) is 15.0. The minimum absolute atomic E-state index is 0.129. The van der Waals surface area contributed by atoms with E-state index in [1.807, 2.05) is 86.1 Å². The molecule has 0 aliphatic heterocycles. The van der Waals surface area contributed by atoms with E-state index in [1.54, 1.807) is 6.20 Å². The number of nitrogens with one attached hydrogen (secondary N) is 1. The zero-order chi connectivity index (χ0) is 21.8. The van der Waals surface area contributed by atoms with Crippen LogP contribution in [0.1, 0.15) is 41.4 Å². The van der Waals surface area contributed by atoms with Crippen molar-refractivity contribution in [2.45, 2.75) is 26.8 Å². The van der Waals surface area contributed by atoms with Crippen molar-refractivity contribution in [1.82, 2.24) is 20.1 Å². The Balaban J connectivity index is 1.70. The summed E-state index contributed by atoms with van der Waals surface area (Å²) in [5.74, 6) is 5.88. The van der Waals surface area contributed by atoms with Gasteiger partial charge in [-0.3, -0.25) is 4.79 Å². The van der Waals surface area contributed by atoms with Crippen LogP contribution in [-0.4, -0.2) is 27.2 Å². The molecule has 0 saturated heterocycles. The molecule has 4 rings (SSSR count). The third-order valence-electron chi connectivity index (χ3n) is 5.07. The second-order valence-corrected chi connectivity index (χ2v) is 7.64. The van der Waals surface area contributed by atoms with E-state index in [0.29, 0.717) is 11.2 Å². The van der Waals surface area contributed by atoms with E-state index in [9.17, 15) is 4.79 Å². The number of hydrogen-bond acceptors (Lipinski definition) is 3. The van der Waals surface area contributed by atoms with E-state index in [-0.39, 0.29) is 18.5 Å². The maximum Gasteiger partial charge on any atom is 0.252 e. The summed E-state index contributed by atoms with van der Waals surface area (Å²) in [6.07, 6.45) is 1.72. The van der Waals surface area contributed by atoms with Crippen molar-refractivity contribution in [2.24, 2.45) is 0 Å². The first kappa shape index (κ1) is 20.4. The van der Waals surface area contributed by atoms with Crippen LogP contribution >= 0.6 is 0 Å². The molecule has 0 fully saturated rings. The fourth-order valence-corrected chi connectivity index (χ4v) is 3.47. The molecular weight excluding hydrogens is 384 g/mol. The van der Waals surface area contributed by atoms with Crippen LogP contribution in [0.3, 0.4) is 0 Å². The lowest BCUT2D eigenvalue weighted by molar-refractivity contribution is 0.0960. The molecule has 1 amide bonds. The number of aryl methyl sites for hydroxylation is 1. The first-order valence-corrected chi connectivity index (χ1v) is 10.3. The number of pyridine rings is 1. The van der Waals surface area contributed by atoms with E-state index in [1.165, 1.54) is 0 Å². The monoisotopic (exact) mass is 408 g/mol. The predicted molar refractivity (Wildman–Crippen MR) is 124 cm³/mol. The van der Waals surface area contributed by atoms with E-state index in [0.717, 1.165) is 27.8 Å². The fraction of sp³-hybridized carbons (Fsp3) is 0.192. The van der Waals surface area contributed by atoms with Gasteiger partial charge >= 0.3 is 0 Å². The summed E-state index contributed by atoms with van der Waals surface area (Å²) < 4.78 is 1.85. The van der Waals surface area contributed by atoms with Gasteiger partial charge in [-0.05, 0) is 44.5 Å². The first-order valence-electron chi connectivity index (χ1n) is 10.3. The summed E-state index contributed by atoms with van der Waals surface area (Å²) in [4.78, 5) is 17.9. The van der Waals surface area contributed by atoms with Crippen LogP contribution in [0.25, 0.3) is 22.3 Å². The normalized spacial score (nSPS) is 10.7. The number of benzene rings is 2. The fourth-order valence-electron chi connectivity index (χ4n) is 3.47. The molecule has 5 heteroatoms. The number of carbonyl (C=O) groups is 1. The van der Waals surface area contributed by atoms with Gasteiger partial charge in [0.15, 0.2) is 5.65 Å². The highest BCUT2D eigenvalue weighted by molar-refractivity contribution is 6.06. The molecular formula is C26H24N4O. The number of rotatable bonds is 4. The van der Waals surface area contributed by atoms with Crippen molar-refractivity contribution in [3.05, 3.63) is 83.6 Å². The Labute approximate surface area is 182 Å². The lowest BCUT2D eigenvalue weighted by Gasteiger charge is -2.11. The highest BCUT2D eigenvalue weighted by Gasteiger charge is 2.18. The number of fused-ring (bicyclic) bond motifs is 1. The summed E-state index contributed by atoms with van der Waals surface area (Å²) in [6, 6.07) is 19.7. The Morgan fingerprint density at radius 1 is 1.10 bits per heavy atom. The van der Waals surface area contributed by atoms with Crippen LogP contribution in [0, 0.1) is 18.8 Å². The Kier molecular flexibility index (Phi) is 5.81. The molecule has 0 bridgehead atoms. The minimum Gasteiger partial charge on any atom is -0.341 e. The highest BCUT2D eigenvalue weighted by atomic mass is 16.1. The zero-order valence-corrected chi connectivity index (χ0v) is 17.9. The third kappa shape index (κ3) is 4.34. The largest absolute Gasteiger partial charge is 0.341 e. The van der Waals surface area contributed by atoms with Crippen LogP contribution in [0.4, 0.5) is 0 Å². The molecule has 0 unspecified atom stereocenters. The molecule has 0 radical (unpaired) electrons. The summed E-state index contributed by atoms with van der Waals surface area (Å²) in [5.41, 5.74) is 5.04. The van der Waals surface area contributed by atoms with E-state index in [4.69, 9.17) is 4.98 Å². The molecule has 1 N–H and O–H groups in total. The van der Waals surface area contributed by atoms with E-state index < -0.39 is 0 Å². The standard InChI is InChI=1S/C26H24N4O/c1-18(2)30-25-23(17-28-30)22(16-24(29-25)21-14-8-7-10-19(21)3)26(31)27-15-9-13-20-11-5-4-6-12-20/h4-8,10-12,14,16-18H,15H2,1-3H3,(H,27,31). The molecule has 0 atom stereocenters. The van der Waals surface area contributed by atoms with Crippen LogP contribution in [-0.2, 0) is 0 Å². The van der Waals surface area contributed by atoms with Crippen molar-refractivity contribution in [3.8, 4) is 23.1 Å². The molecule has 2 aromatic carbocycles. The van der Waals surface area contributed by atoms with Gasteiger partial charge in [0.2, 0.25) is 0 Å². The van der Waals surface area contributed by atoms with Crippen LogP contribution in [0.15, 0.2) is 66.9 Å². The van der Waals surface area contributed by atoms with Crippen molar-refractivity contribution >= 4 is 16.9 Å². The summed E-state index contributed by atoms with van der Waals surface area (Å²) in [7, 11) is 0. The van der Waals surface area contributed by atoms with Gasteiger partial charge in [0, 0.05) is 17.2 Å². The summed E-state index contributed by atoms with van der Waals surface area (Å²) in [6.45, 7) is 6.40. The summed E-state index contributed by atoms with van der Waals surface area (Å²) in [5, 5.41) is 8.13. The van der Waals surface area contributed by atoms with Crippen molar-refractivity contribution in [1.29, 1.82) is 0 Å². The molecule has 5 nitrogen and oxygen atoms in total. The lowest BCUT2D eigenvalue weighted by atomic mass is 10.0. The SMILES string of the molecule is Cc1ccccc1-c1cc(C(=O)NCC#Cc2ccccc2)c2cnn(C(C)C)c2n1. The molecule has 31 heavy (non-hydrogen) atoms. The van der Waals surface area contributed by atoms with Gasteiger partial charge in [0.1, 0.15) is 0 Å². The minimum atomic E-state index is -0.187. The molecule has 0 aliphatic carbocycles. The second-order valence-electron chi connectivity index (χ2n) is 7.64. The average Bonchev–Trinajstić information content (AvgIpc) is 3.21. The van der Waals surface area contributed by atoms with Crippen molar-refractivity contribution in [3.63, 3.8) is 0 Å². The number of carbonyl (C=O) groups excluding carboxylic acids is 1. The van der Waals surface area contributed by atoms with Crippen LogP contribution in [0.2, 0.25) is 0 Å². The Hall–Kier alpha value is -3.91. The average molecular weight is 409 g/mol. The van der Waals surface area contributed by atoms with Gasteiger partial charge < -0.3 is 5.32 Å². The Morgan fingerprint density at radius 2 is 1.84 bits per heavy atom. The maximum atomic E-state index is 13.1. The van der Waals surface area contributed by atoms with Gasteiger partial charge in [0.25, 0.3) is 5.91 Å². The maximum absolute atomic E-state index is 13.1. The van der Waals surface area contributed by atoms with Crippen molar-refractivity contribution < 1.29 is 4.79 Å². The van der Waals surface area contributed by atoms with Gasteiger partial charge in [-0.2, -0.15) is 5.10 Å². The Bertz CT molecular complexity index is 1290. The van der Waals surface area contributed by atoms with Gasteiger partial charge in [-0.1, -0.05) is 54.3 Å². The van der Waals surface area contributed by atoms with Crippen molar-refractivity contribution in [2.75, 3.05) is 6.54 Å². The van der Waals surface area contributed by atoms with Gasteiger partial charge in [-0.15, -0.1) is 0 Å². The molecule has 2 aromatic heterocycles. The molecule has 154 valence electrons. The van der Waals surface area contributed by atoms with Gasteiger partial charge in [-0.25, -0.2) is 9.67 Å². The third-order valence-corrected chi connectivity index (χ3v) is 5.07. The van der Waals surface area contributed by atoms with Crippen LogP contribution in [0.5, 0.6) is 0 Å². The summed E-state index contributed by atoms with van der Waals surface area (Å²) >= 11 is 0. The number of hydrogen-bond donors (Lipinski definition) is 1. The smallest absolute Gasteiger partial charge is 0.252 e. The molecule has 4 aromatic rings. The number of nitrogens with zero attached hydrogens (tertiary/aromatic N) is 3. The number of amides is 1.